The molecule has 4 rings (SSSR count). The minimum atomic E-state index is -5.08. The van der Waals surface area contributed by atoms with Gasteiger partial charge < -0.3 is 9.52 Å². The highest BCUT2D eigenvalue weighted by molar-refractivity contribution is 7.88. The Morgan fingerprint density at radius 3 is 2.15 bits per heavy atom. The Hall–Kier alpha value is -2.37. The number of aryl methyl sites for hydroxylation is 1. The van der Waals surface area contributed by atoms with Crippen LogP contribution in [0, 0.1) is 12.3 Å². The molecule has 0 aliphatic carbocycles. The molecule has 0 bridgehead atoms. The van der Waals surface area contributed by atoms with Crippen molar-refractivity contribution in [3.8, 4) is 0 Å². The van der Waals surface area contributed by atoms with Gasteiger partial charge in [0.15, 0.2) is 0 Å². The minimum Gasteiger partial charge on any atom is -0.475 e. The third-order valence-electron chi connectivity index (χ3n) is 5.94. The molecule has 1 spiro atoms. The molecule has 3 heterocycles. The van der Waals surface area contributed by atoms with Crippen molar-refractivity contribution in [1.82, 2.24) is 9.21 Å². The number of aliphatic carboxylic acids is 1. The second kappa shape index (κ2) is 9.86. The van der Waals surface area contributed by atoms with E-state index in [-0.39, 0.29) is 11.2 Å². The monoisotopic (exact) mass is 488 g/mol. The molecule has 182 valence electrons. The van der Waals surface area contributed by atoms with Crippen molar-refractivity contribution in [2.45, 2.75) is 38.2 Å². The predicted octanol–water partition coefficient (Wildman–Crippen LogP) is 3.65. The average molecular weight is 489 g/mol. The zero-order valence-corrected chi connectivity index (χ0v) is 19.0. The number of alkyl halides is 3. The highest BCUT2D eigenvalue weighted by Gasteiger charge is 2.49. The summed E-state index contributed by atoms with van der Waals surface area (Å²) in [5, 5.41) is 7.12. The van der Waals surface area contributed by atoms with Crippen LogP contribution in [0.1, 0.15) is 29.9 Å². The lowest BCUT2D eigenvalue weighted by atomic mass is 9.73. The molecule has 0 saturated carbocycles. The van der Waals surface area contributed by atoms with Crippen molar-refractivity contribution in [1.29, 1.82) is 0 Å². The van der Waals surface area contributed by atoms with Crippen LogP contribution in [-0.2, 0) is 27.1 Å². The standard InChI is InChI=1S/C20H26N2O3S.C2HF3O2/c1-17-7-8-19(25-17)13-21-11-9-20(10-12-21)15-22(16-20)26(23,24)14-18-5-3-2-4-6-18;3-2(4,5)1(6)7/h2-8H,9-16H2,1H3;(H,6,7). The molecule has 2 saturated heterocycles. The Morgan fingerprint density at radius 1 is 1.09 bits per heavy atom. The maximum Gasteiger partial charge on any atom is 0.490 e. The summed E-state index contributed by atoms with van der Waals surface area (Å²) >= 11 is 0. The van der Waals surface area contributed by atoms with Gasteiger partial charge in [0.05, 0.1) is 12.3 Å². The molecule has 0 amide bonds. The van der Waals surface area contributed by atoms with Gasteiger partial charge in [-0.1, -0.05) is 30.3 Å². The van der Waals surface area contributed by atoms with Crippen LogP contribution in [0.4, 0.5) is 13.2 Å². The quantitative estimate of drug-likeness (QED) is 0.691. The first-order valence-electron chi connectivity index (χ1n) is 10.5. The van der Waals surface area contributed by atoms with E-state index in [1.54, 1.807) is 4.31 Å². The fourth-order valence-corrected chi connectivity index (χ4v) is 5.80. The second-order valence-corrected chi connectivity index (χ2v) is 10.6. The van der Waals surface area contributed by atoms with Crippen molar-refractivity contribution < 1.29 is 35.9 Å². The molecule has 2 aliphatic heterocycles. The molecule has 7 nitrogen and oxygen atoms in total. The van der Waals surface area contributed by atoms with E-state index in [9.17, 15) is 21.6 Å². The lowest BCUT2D eigenvalue weighted by Crippen LogP contribution is -2.61. The first kappa shape index (κ1) is 25.3. The molecular formula is C22H27F3N2O5S. The van der Waals surface area contributed by atoms with Crippen LogP contribution in [0.15, 0.2) is 46.9 Å². The molecule has 1 aromatic carbocycles. The first-order valence-corrected chi connectivity index (χ1v) is 12.1. The summed E-state index contributed by atoms with van der Waals surface area (Å²) in [6, 6.07) is 13.5. The number of hydrogen-bond donors (Lipinski definition) is 1. The Kier molecular flexibility index (Phi) is 7.55. The van der Waals surface area contributed by atoms with Gasteiger partial charge in [-0.05, 0) is 50.6 Å². The Morgan fingerprint density at radius 2 is 1.67 bits per heavy atom. The Labute approximate surface area is 190 Å². The number of sulfonamides is 1. The third-order valence-corrected chi connectivity index (χ3v) is 7.69. The zero-order valence-electron chi connectivity index (χ0n) is 18.2. The number of carboxylic acid groups (broad SMARTS) is 1. The summed E-state index contributed by atoms with van der Waals surface area (Å²) in [7, 11) is -3.21. The molecule has 2 aromatic rings. The van der Waals surface area contributed by atoms with Crippen molar-refractivity contribution in [2.24, 2.45) is 5.41 Å². The Balaban J connectivity index is 0.000000383. The van der Waals surface area contributed by atoms with E-state index in [2.05, 4.69) is 4.90 Å². The molecule has 0 radical (unpaired) electrons. The average Bonchev–Trinajstić information content (AvgIpc) is 3.11. The van der Waals surface area contributed by atoms with E-state index in [4.69, 9.17) is 14.3 Å². The largest absolute Gasteiger partial charge is 0.490 e. The maximum absolute atomic E-state index is 12.6. The van der Waals surface area contributed by atoms with Gasteiger partial charge in [-0.2, -0.15) is 13.2 Å². The molecule has 1 aromatic heterocycles. The molecule has 11 heteroatoms. The Bertz CT molecular complexity index is 1040. The minimum absolute atomic E-state index is 0.105. The number of rotatable bonds is 5. The van der Waals surface area contributed by atoms with Crippen LogP contribution in [0.5, 0.6) is 0 Å². The number of benzene rings is 1. The summed E-state index contributed by atoms with van der Waals surface area (Å²) in [6.45, 7) is 6.18. The number of carbonyl (C=O) groups is 1. The van der Waals surface area contributed by atoms with E-state index in [1.807, 2.05) is 49.4 Å². The molecule has 2 fully saturated rings. The number of hydrogen-bond acceptors (Lipinski definition) is 5. The van der Waals surface area contributed by atoms with E-state index in [0.29, 0.717) is 13.1 Å². The van der Waals surface area contributed by atoms with Crippen LogP contribution in [0.2, 0.25) is 0 Å². The molecule has 0 unspecified atom stereocenters. The van der Waals surface area contributed by atoms with Crippen molar-refractivity contribution in [2.75, 3.05) is 26.2 Å². The van der Waals surface area contributed by atoms with Crippen molar-refractivity contribution in [3.63, 3.8) is 0 Å². The van der Waals surface area contributed by atoms with Gasteiger partial charge >= 0.3 is 12.1 Å². The summed E-state index contributed by atoms with van der Waals surface area (Å²) in [6.07, 6.45) is -2.96. The van der Waals surface area contributed by atoms with E-state index in [0.717, 1.165) is 49.6 Å². The number of furan rings is 1. The summed E-state index contributed by atoms with van der Waals surface area (Å²) in [5.74, 6) is -0.688. The van der Waals surface area contributed by atoms with Crippen LogP contribution in [-0.4, -0.2) is 61.1 Å². The number of likely N-dealkylation sites (tertiary alicyclic amines) is 1. The van der Waals surface area contributed by atoms with E-state index < -0.39 is 22.2 Å². The molecule has 0 atom stereocenters. The number of carboxylic acids is 1. The van der Waals surface area contributed by atoms with Crippen LogP contribution >= 0.6 is 0 Å². The fourth-order valence-electron chi connectivity index (χ4n) is 4.07. The summed E-state index contributed by atoms with van der Waals surface area (Å²) in [5.41, 5.74) is 1.04. The fraction of sp³-hybridized carbons (Fsp3) is 0.500. The zero-order chi connectivity index (χ0) is 24.3. The van der Waals surface area contributed by atoms with Crippen molar-refractivity contribution >= 4 is 16.0 Å². The summed E-state index contributed by atoms with van der Waals surface area (Å²) < 4.78 is 64.3. The van der Waals surface area contributed by atoms with Gasteiger partial charge in [0.25, 0.3) is 0 Å². The van der Waals surface area contributed by atoms with E-state index >= 15 is 0 Å². The molecular weight excluding hydrogens is 461 g/mol. The number of nitrogens with zero attached hydrogens (tertiary/aromatic N) is 2. The SMILES string of the molecule is Cc1ccc(CN2CCC3(CC2)CN(S(=O)(=O)Cc2ccccc2)C3)o1.O=C(O)C(F)(F)F. The molecule has 33 heavy (non-hydrogen) atoms. The van der Waals surface area contributed by atoms with Gasteiger partial charge in [0, 0.05) is 18.5 Å². The van der Waals surface area contributed by atoms with Crippen LogP contribution in [0.25, 0.3) is 0 Å². The van der Waals surface area contributed by atoms with Crippen LogP contribution < -0.4 is 0 Å². The number of halogens is 3. The highest BCUT2D eigenvalue weighted by Crippen LogP contribution is 2.42. The topological polar surface area (TPSA) is 91.1 Å². The van der Waals surface area contributed by atoms with Crippen molar-refractivity contribution in [3.05, 3.63) is 59.5 Å². The third kappa shape index (κ3) is 6.81. The second-order valence-electron chi connectivity index (χ2n) is 8.60. The maximum atomic E-state index is 12.6. The van der Waals surface area contributed by atoms with Crippen LogP contribution in [0.3, 0.4) is 0 Å². The van der Waals surface area contributed by atoms with E-state index in [1.165, 1.54) is 0 Å². The highest BCUT2D eigenvalue weighted by atomic mass is 32.2. The lowest BCUT2D eigenvalue weighted by molar-refractivity contribution is -0.192. The number of piperidine rings is 1. The lowest BCUT2D eigenvalue weighted by Gasteiger charge is -2.53. The molecule has 2 aliphatic rings. The van der Waals surface area contributed by atoms with Gasteiger partial charge in [0.2, 0.25) is 10.0 Å². The van der Waals surface area contributed by atoms with Gasteiger partial charge in [-0.25, -0.2) is 17.5 Å². The predicted molar refractivity (Wildman–Crippen MR) is 115 cm³/mol. The molecule has 1 N–H and O–H groups in total. The van der Waals surface area contributed by atoms with Gasteiger partial charge in [-0.15, -0.1) is 0 Å². The van der Waals surface area contributed by atoms with Gasteiger partial charge in [-0.3, -0.25) is 4.90 Å². The first-order chi connectivity index (χ1) is 15.4. The van der Waals surface area contributed by atoms with Gasteiger partial charge in [0.1, 0.15) is 11.5 Å². The normalized spacial score (nSPS) is 18.9. The smallest absolute Gasteiger partial charge is 0.475 e. The summed E-state index contributed by atoms with van der Waals surface area (Å²) in [4.78, 5) is 11.3.